The first-order chi connectivity index (χ1) is 12.9. The molecule has 3 rings (SSSR count). The molecule has 134 valence electrons. The number of aliphatic imine (C=N–C) groups is 1. The predicted octanol–water partition coefficient (Wildman–Crippen LogP) is 2.95. The minimum Gasteiger partial charge on any atom is -0.276 e. The van der Waals surface area contributed by atoms with E-state index in [4.69, 9.17) is 16.9 Å². The number of urea groups is 1. The zero-order chi connectivity index (χ0) is 19.6. The summed E-state index contributed by atoms with van der Waals surface area (Å²) in [5.41, 5.74) is 0.0488. The van der Waals surface area contributed by atoms with Gasteiger partial charge in [-0.3, -0.25) is 19.9 Å². The monoisotopic (exact) mass is 384 g/mol. The van der Waals surface area contributed by atoms with Gasteiger partial charge < -0.3 is 0 Å². The zero-order valence-corrected chi connectivity index (χ0v) is 14.3. The SMILES string of the molecule is N#Cc1ccc(Cl)cc1N=C[C@@H]1C(=O)NC(=O)N(c2ccccc2F)C1=O. The Hall–Kier alpha value is -3.57. The van der Waals surface area contributed by atoms with Crippen LogP contribution in [0.25, 0.3) is 0 Å². The lowest BCUT2D eigenvalue weighted by Crippen LogP contribution is -2.58. The topological polar surface area (TPSA) is 103 Å². The van der Waals surface area contributed by atoms with Crippen LogP contribution in [0.4, 0.5) is 20.6 Å². The van der Waals surface area contributed by atoms with E-state index >= 15 is 0 Å². The second-order valence-corrected chi connectivity index (χ2v) is 5.89. The molecule has 1 N–H and O–H groups in total. The van der Waals surface area contributed by atoms with E-state index < -0.39 is 29.6 Å². The van der Waals surface area contributed by atoms with Gasteiger partial charge in [0.05, 0.1) is 16.9 Å². The predicted molar refractivity (Wildman–Crippen MR) is 95.2 cm³/mol. The Morgan fingerprint density at radius 2 is 1.96 bits per heavy atom. The van der Waals surface area contributed by atoms with Crippen molar-refractivity contribution in [3.63, 3.8) is 0 Å². The molecule has 1 aliphatic heterocycles. The Kier molecular flexibility index (Phi) is 4.96. The molecular formula is C18H10ClFN4O3. The van der Waals surface area contributed by atoms with Gasteiger partial charge in [-0.05, 0) is 30.3 Å². The number of rotatable bonds is 3. The molecule has 27 heavy (non-hydrogen) atoms. The molecular weight excluding hydrogens is 375 g/mol. The molecule has 1 aliphatic rings. The number of benzene rings is 2. The summed E-state index contributed by atoms with van der Waals surface area (Å²) in [6.45, 7) is 0. The van der Waals surface area contributed by atoms with Crippen molar-refractivity contribution in [2.45, 2.75) is 0 Å². The van der Waals surface area contributed by atoms with E-state index in [1.807, 2.05) is 11.4 Å². The van der Waals surface area contributed by atoms with Crippen molar-refractivity contribution in [1.82, 2.24) is 5.32 Å². The average molecular weight is 385 g/mol. The highest BCUT2D eigenvalue weighted by Crippen LogP contribution is 2.25. The lowest BCUT2D eigenvalue weighted by Gasteiger charge is -2.28. The van der Waals surface area contributed by atoms with Gasteiger partial charge in [0.15, 0.2) is 5.92 Å². The summed E-state index contributed by atoms with van der Waals surface area (Å²) in [6.07, 6.45) is 0.991. The highest BCUT2D eigenvalue weighted by atomic mass is 35.5. The number of nitrogens with one attached hydrogen (secondary N) is 1. The van der Waals surface area contributed by atoms with Crippen LogP contribution in [-0.4, -0.2) is 24.1 Å². The van der Waals surface area contributed by atoms with E-state index in [1.165, 1.54) is 36.4 Å². The summed E-state index contributed by atoms with van der Waals surface area (Å²) in [4.78, 5) is 41.3. The number of halogens is 2. The molecule has 9 heteroatoms. The number of carbonyl (C=O) groups excluding carboxylic acids is 3. The van der Waals surface area contributed by atoms with Crippen LogP contribution < -0.4 is 10.2 Å². The molecule has 0 unspecified atom stereocenters. The van der Waals surface area contributed by atoms with Crippen molar-refractivity contribution >= 4 is 47.0 Å². The van der Waals surface area contributed by atoms with Crippen molar-refractivity contribution < 1.29 is 18.8 Å². The van der Waals surface area contributed by atoms with Crippen molar-refractivity contribution in [1.29, 1.82) is 5.26 Å². The molecule has 4 amide bonds. The molecule has 1 fully saturated rings. The molecule has 1 heterocycles. The van der Waals surface area contributed by atoms with E-state index in [1.54, 1.807) is 0 Å². The number of nitrogens with zero attached hydrogens (tertiary/aromatic N) is 3. The van der Waals surface area contributed by atoms with E-state index in [0.717, 1.165) is 12.3 Å². The molecule has 0 aromatic heterocycles. The van der Waals surface area contributed by atoms with Crippen LogP contribution in [0.2, 0.25) is 5.02 Å². The van der Waals surface area contributed by atoms with Crippen LogP contribution in [0, 0.1) is 23.1 Å². The third-order valence-corrected chi connectivity index (χ3v) is 3.97. The number of nitriles is 1. The lowest BCUT2D eigenvalue weighted by molar-refractivity contribution is -0.131. The van der Waals surface area contributed by atoms with Crippen molar-refractivity contribution in [2.75, 3.05) is 4.90 Å². The van der Waals surface area contributed by atoms with Gasteiger partial charge in [-0.15, -0.1) is 0 Å². The normalized spacial score (nSPS) is 17.1. The van der Waals surface area contributed by atoms with Crippen molar-refractivity contribution in [2.24, 2.45) is 10.9 Å². The van der Waals surface area contributed by atoms with E-state index in [0.29, 0.717) is 9.92 Å². The molecule has 7 nitrogen and oxygen atoms in total. The maximum Gasteiger partial charge on any atom is 0.335 e. The van der Waals surface area contributed by atoms with Gasteiger partial charge >= 0.3 is 6.03 Å². The molecule has 0 spiro atoms. The number of para-hydroxylation sites is 1. The van der Waals surface area contributed by atoms with Crippen LogP contribution in [0.5, 0.6) is 0 Å². The quantitative estimate of drug-likeness (QED) is 0.649. The summed E-state index contributed by atoms with van der Waals surface area (Å²) in [7, 11) is 0. The highest BCUT2D eigenvalue weighted by molar-refractivity contribution is 6.33. The van der Waals surface area contributed by atoms with E-state index in [9.17, 15) is 18.8 Å². The fraction of sp³-hybridized carbons (Fsp3) is 0.0556. The molecule has 1 atom stereocenters. The number of imide groups is 2. The van der Waals surface area contributed by atoms with Crippen LogP contribution in [-0.2, 0) is 9.59 Å². The third kappa shape index (κ3) is 3.54. The fourth-order valence-electron chi connectivity index (χ4n) is 2.44. The summed E-state index contributed by atoms with van der Waals surface area (Å²) in [5, 5.41) is 11.4. The van der Waals surface area contributed by atoms with Gasteiger partial charge in [0.2, 0.25) is 5.91 Å². The van der Waals surface area contributed by atoms with Gasteiger partial charge in [-0.25, -0.2) is 14.1 Å². The molecule has 0 bridgehead atoms. The van der Waals surface area contributed by atoms with Gasteiger partial charge in [-0.2, -0.15) is 5.26 Å². The largest absolute Gasteiger partial charge is 0.335 e. The Bertz CT molecular complexity index is 1030. The van der Waals surface area contributed by atoms with Gasteiger partial charge in [0, 0.05) is 11.2 Å². The highest BCUT2D eigenvalue weighted by Gasteiger charge is 2.41. The van der Waals surface area contributed by atoms with E-state index in [-0.39, 0.29) is 16.9 Å². The van der Waals surface area contributed by atoms with Gasteiger partial charge in [-0.1, -0.05) is 23.7 Å². The minimum absolute atomic E-state index is 0.153. The smallest absolute Gasteiger partial charge is 0.276 e. The Balaban J connectivity index is 1.96. The summed E-state index contributed by atoms with van der Waals surface area (Å²) in [5.74, 6) is -4.14. The first-order valence-electron chi connectivity index (χ1n) is 7.59. The summed E-state index contributed by atoms with van der Waals surface area (Å²) >= 11 is 5.87. The van der Waals surface area contributed by atoms with Gasteiger partial charge in [0.1, 0.15) is 11.9 Å². The standard InChI is InChI=1S/C18H10ClFN4O3/c19-11-6-5-10(8-21)14(7-11)22-9-12-16(25)23-18(27)24(17(12)26)15-4-2-1-3-13(15)20/h1-7,9,12H,(H,23,25,27)/t12-/m1/s1. The number of hydrogen-bond acceptors (Lipinski definition) is 5. The second kappa shape index (κ2) is 7.35. The average Bonchev–Trinajstić information content (AvgIpc) is 2.63. The van der Waals surface area contributed by atoms with Gasteiger partial charge in [0.25, 0.3) is 5.91 Å². The molecule has 1 saturated heterocycles. The summed E-state index contributed by atoms with van der Waals surface area (Å²) in [6, 6.07) is 10.3. The Morgan fingerprint density at radius 1 is 1.22 bits per heavy atom. The van der Waals surface area contributed by atoms with Crippen LogP contribution in [0.1, 0.15) is 5.56 Å². The molecule has 0 radical (unpaired) electrons. The third-order valence-electron chi connectivity index (χ3n) is 3.74. The lowest BCUT2D eigenvalue weighted by atomic mass is 10.1. The Morgan fingerprint density at radius 3 is 2.67 bits per heavy atom. The maximum absolute atomic E-state index is 14.0. The molecule has 0 aliphatic carbocycles. The number of carbonyl (C=O) groups is 3. The summed E-state index contributed by atoms with van der Waals surface area (Å²) < 4.78 is 14.0. The van der Waals surface area contributed by atoms with Crippen molar-refractivity contribution in [3.8, 4) is 6.07 Å². The van der Waals surface area contributed by atoms with Crippen LogP contribution >= 0.6 is 11.6 Å². The zero-order valence-electron chi connectivity index (χ0n) is 13.5. The minimum atomic E-state index is -1.48. The second-order valence-electron chi connectivity index (χ2n) is 5.45. The first kappa shape index (κ1) is 18.2. The number of amides is 4. The maximum atomic E-state index is 14.0. The molecule has 2 aromatic rings. The van der Waals surface area contributed by atoms with Crippen molar-refractivity contribution in [3.05, 3.63) is 58.9 Å². The van der Waals surface area contributed by atoms with Crippen LogP contribution in [0.3, 0.4) is 0 Å². The van der Waals surface area contributed by atoms with Crippen LogP contribution in [0.15, 0.2) is 47.5 Å². The Labute approximate surface area is 157 Å². The first-order valence-corrected chi connectivity index (χ1v) is 7.97. The number of hydrogen-bond donors (Lipinski definition) is 1. The molecule has 2 aromatic carbocycles. The number of anilines is 1. The van der Waals surface area contributed by atoms with E-state index in [2.05, 4.69) is 4.99 Å². The number of barbiturate groups is 1. The molecule has 0 saturated carbocycles. The fourth-order valence-corrected chi connectivity index (χ4v) is 2.61.